The van der Waals surface area contributed by atoms with Crippen LogP contribution in [0.15, 0.2) is 0 Å². The number of rotatable bonds is 1. The molecule has 0 unspecified atom stereocenters. The van der Waals surface area contributed by atoms with E-state index in [1.165, 1.54) is 4.90 Å². The van der Waals surface area contributed by atoms with Crippen molar-refractivity contribution in [1.82, 2.24) is 9.32 Å². The molecule has 62 valence electrons. The summed E-state index contributed by atoms with van der Waals surface area (Å²) in [6.45, 7) is 3.77. The van der Waals surface area contributed by atoms with Gasteiger partial charge in [0.25, 0.3) is 5.91 Å². The summed E-state index contributed by atoms with van der Waals surface area (Å²) >= 11 is 5.34. The van der Waals surface area contributed by atoms with E-state index in [-0.39, 0.29) is 18.5 Å². The third-order valence-electron chi connectivity index (χ3n) is 1.56. The lowest BCUT2D eigenvalue weighted by Crippen LogP contribution is -2.33. The van der Waals surface area contributed by atoms with Gasteiger partial charge in [0, 0.05) is 17.8 Å². The van der Waals surface area contributed by atoms with E-state index in [1.54, 1.807) is 0 Å². The molecule has 1 heterocycles. The molecule has 1 fully saturated rings. The number of imide groups is 1. The average molecular weight is 177 g/mol. The summed E-state index contributed by atoms with van der Waals surface area (Å²) in [7, 11) is 0. The summed E-state index contributed by atoms with van der Waals surface area (Å²) in [5, 5.41) is 0. The van der Waals surface area contributed by atoms with Crippen LogP contribution in [0.4, 0.5) is 4.79 Å². The molecule has 0 N–H and O–H groups in total. The molecule has 0 aromatic rings. The highest BCUT2D eigenvalue weighted by Crippen LogP contribution is 2.14. The van der Waals surface area contributed by atoms with Crippen LogP contribution in [0.2, 0.25) is 0 Å². The van der Waals surface area contributed by atoms with E-state index in [9.17, 15) is 9.59 Å². The van der Waals surface area contributed by atoms with Crippen LogP contribution >= 0.6 is 11.8 Å². The Morgan fingerprint density at radius 3 is 2.18 bits per heavy atom. The SMILES string of the molecule is CC(C)N1CC(=O)N(Cl)C1=O. The Bertz CT molecular complexity index is 205. The number of amides is 3. The zero-order valence-electron chi connectivity index (χ0n) is 6.37. The second-order valence-corrected chi connectivity index (χ2v) is 3.02. The van der Waals surface area contributed by atoms with E-state index in [2.05, 4.69) is 0 Å². The number of halogens is 1. The smallest absolute Gasteiger partial charge is 0.311 e. The van der Waals surface area contributed by atoms with Crippen molar-refractivity contribution in [1.29, 1.82) is 0 Å². The van der Waals surface area contributed by atoms with Gasteiger partial charge in [-0.2, -0.15) is 4.42 Å². The Morgan fingerprint density at radius 2 is 2.00 bits per heavy atom. The van der Waals surface area contributed by atoms with Crippen LogP contribution in [-0.2, 0) is 4.79 Å². The number of hydrogen-bond donors (Lipinski definition) is 0. The van der Waals surface area contributed by atoms with Gasteiger partial charge in [-0.25, -0.2) is 4.79 Å². The fraction of sp³-hybridized carbons (Fsp3) is 0.667. The van der Waals surface area contributed by atoms with Gasteiger partial charge in [-0.15, -0.1) is 0 Å². The Morgan fingerprint density at radius 1 is 1.45 bits per heavy atom. The predicted octanol–water partition coefficient (Wildman–Crippen LogP) is 0.813. The molecule has 0 saturated carbocycles. The molecule has 0 spiro atoms. The molecular weight excluding hydrogens is 168 g/mol. The lowest BCUT2D eigenvalue weighted by atomic mass is 10.3. The van der Waals surface area contributed by atoms with Crippen LogP contribution in [0.25, 0.3) is 0 Å². The van der Waals surface area contributed by atoms with E-state index < -0.39 is 6.03 Å². The largest absolute Gasteiger partial charge is 0.342 e. The molecule has 0 radical (unpaired) electrons. The monoisotopic (exact) mass is 176 g/mol. The number of nitrogens with zero attached hydrogens (tertiary/aromatic N) is 2. The Balaban J connectivity index is 2.75. The van der Waals surface area contributed by atoms with Crippen molar-refractivity contribution in [2.75, 3.05) is 6.54 Å². The molecule has 1 aliphatic heterocycles. The van der Waals surface area contributed by atoms with Gasteiger partial charge < -0.3 is 4.90 Å². The van der Waals surface area contributed by atoms with E-state index in [4.69, 9.17) is 11.8 Å². The van der Waals surface area contributed by atoms with Gasteiger partial charge in [0.15, 0.2) is 0 Å². The molecular formula is C6H9ClN2O2. The Hall–Kier alpha value is -0.770. The van der Waals surface area contributed by atoms with Crippen molar-refractivity contribution in [3.63, 3.8) is 0 Å². The van der Waals surface area contributed by atoms with Gasteiger partial charge >= 0.3 is 6.03 Å². The van der Waals surface area contributed by atoms with Crippen LogP contribution in [0.3, 0.4) is 0 Å². The molecule has 1 saturated heterocycles. The molecule has 0 aromatic heterocycles. The summed E-state index contributed by atoms with van der Waals surface area (Å²) in [6.07, 6.45) is 0. The Labute approximate surface area is 69.8 Å². The second kappa shape index (κ2) is 2.70. The van der Waals surface area contributed by atoms with Crippen LogP contribution in [0, 0.1) is 0 Å². The lowest BCUT2D eigenvalue weighted by Gasteiger charge is -2.17. The topological polar surface area (TPSA) is 40.6 Å². The zero-order valence-corrected chi connectivity index (χ0v) is 7.13. The van der Waals surface area contributed by atoms with Crippen LogP contribution < -0.4 is 0 Å². The van der Waals surface area contributed by atoms with E-state index in [1.807, 2.05) is 13.8 Å². The standard InChI is InChI=1S/C6H9ClN2O2/c1-4(2)8-3-5(10)9(7)6(8)11/h4H,3H2,1-2H3. The predicted molar refractivity (Wildman–Crippen MR) is 39.9 cm³/mol. The highest BCUT2D eigenvalue weighted by Gasteiger charge is 2.36. The highest BCUT2D eigenvalue weighted by atomic mass is 35.5. The van der Waals surface area contributed by atoms with Crippen molar-refractivity contribution >= 4 is 23.7 Å². The number of hydrogen-bond acceptors (Lipinski definition) is 2. The average Bonchev–Trinajstić information content (AvgIpc) is 2.17. The molecule has 5 heteroatoms. The first kappa shape index (κ1) is 8.33. The molecule has 1 rings (SSSR count). The first-order valence-electron chi connectivity index (χ1n) is 3.33. The molecule has 0 aliphatic carbocycles. The molecule has 3 amide bonds. The summed E-state index contributed by atoms with van der Waals surface area (Å²) in [6, 6.07) is -0.401. The van der Waals surface area contributed by atoms with Crippen molar-refractivity contribution in [3.8, 4) is 0 Å². The minimum atomic E-state index is -0.424. The third-order valence-corrected chi connectivity index (χ3v) is 1.89. The normalized spacial score (nSPS) is 18.9. The molecule has 0 bridgehead atoms. The first-order valence-corrected chi connectivity index (χ1v) is 3.67. The van der Waals surface area contributed by atoms with Crippen molar-refractivity contribution in [2.45, 2.75) is 19.9 Å². The van der Waals surface area contributed by atoms with Crippen molar-refractivity contribution in [2.24, 2.45) is 0 Å². The van der Waals surface area contributed by atoms with Gasteiger partial charge in [-0.05, 0) is 13.8 Å². The number of urea groups is 1. The highest BCUT2D eigenvalue weighted by molar-refractivity contribution is 6.32. The summed E-state index contributed by atoms with van der Waals surface area (Å²) < 4.78 is 0.625. The second-order valence-electron chi connectivity index (χ2n) is 2.68. The van der Waals surface area contributed by atoms with Gasteiger partial charge in [-0.1, -0.05) is 0 Å². The maximum Gasteiger partial charge on any atom is 0.342 e. The molecule has 0 aromatic carbocycles. The maximum absolute atomic E-state index is 11.1. The number of carbonyl (C=O) groups is 2. The van der Waals surface area contributed by atoms with Gasteiger partial charge in [-0.3, -0.25) is 4.79 Å². The molecule has 0 atom stereocenters. The summed E-state index contributed by atoms with van der Waals surface area (Å²) in [5.41, 5.74) is 0. The fourth-order valence-corrected chi connectivity index (χ4v) is 1.05. The quantitative estimate of drug-likeness (QED) is 0.438. The van der Waals surface area contributed by atoms with E-state index in [0.717, 1.165) is 0 Å². The van der Waals surface area contributed by atoms with Crippen LogP contribution in [-0.4, -0.2) is 33.8 Å². The summed E-state index contributed by atoms with van der Waals surface area (Å²) in [4.78, 5) is 23.3. The van der Waals surface area contributed by atoms with Crippen molar-refractivity contribution in [3.05, 3.63) is 0 Å². The lowest BCUT2D eigenvalue weighted by molar-refractivity contribution is -0.122. The zero-order chi connectivity index (χ0) is 8.59. The fourth-order valence-electron chi connectivity index (χ4n) is 0.898. The first-order chi connectivity index (χ1) is 5.04. The molecule has 4 nitrogen and oxygen atoms in total. The minimum Gasteiger partial charge on any atom is -0.311 e. The molecule has 1 aliphatic rings. The van der Waals surface area contributed by atoms with Gasteiger partial charge in [0.05, 0.1) is 0 Å². The van der Waals surface area contributed by atoms with Crippen molar-refractivity contribution < 1.29 is 9.59 Å². The van der Waals surface area contributed by atoms with Crippen LogP contribution in [0.5, 0.6) is 0 Å². The van der Waals surface area contributed by atoms with E-state index >= 15 is 0 Å². The van der Waals surface area contributed by atoms with Gasteiger partial charge in [0.1, 0.15) is 6.54 Å². The third kappa shape index (κ3) is 1.30. The van der Waals surface area contributed by atoms with E-state index in [0.29, 0.717) is 4.42 Å². The number of carbonyl (C=O) groups excluding carboxylic acids is 2. The summed E-state index contributed by atoms with van der Waals surface area (Å²) in [5.74, 6) is -0.356. The maximum atomic E-state index is 11.1. The Kier molecular flexibility index (Phi) is 2.04. The minimum absolute atomic E-state index is 0.0233. The van der Waals surface area contributed by atoms with Crippen LogP contribution in [0.1, 0.15) is 13.8 Å². The van der Waals surface area contributed by atoms with Gasteiger partial charge in [0.2, 0.25) is 0 Å². The molecule has 11 heavy (non-hydrogen) atoms.